The molecular formula is C57H94O6. The van der Waals surface area contributed by atoms with Crippen LogP contribution in [0.4, 0.5) is 0 Å². The summed E-state index contributed by atoms with van der Waals surface area (Å²) >= 11 is 0. The topological polar surface area (TPSA) is 78.9 Å². The number of hydrogen-bond donors (Lipinski definition) is 0. The largest absolute Gasteiger partial charge is 0.462 e. The number of carbonyl (C=O) groups is 3. The summed E-state index contributed by atoms with van der Waals surface area (Å²) in [7, 11) is 0. The molecule has 0 aliphatic rings. The van der Waals surface area contributed by atoms with Gasteiger partial charge in [0.05, 0.1) is 0 Å². The third-order valence-corrected chi connectivity index (χ3v) is 10.6. The van der Waals surface area contributed by atoms with E-state index in [2.05, 4.69) is 118 Å². The highest BCUT2D eigenvalue weighted by atomic mass is 16.6. The molecule has 0 fully saturated rings. The lowest BCUT2D eigenvalue weighted by atomic mass is 10.1. The van der Waals surface area contributed by atoms with Crippen molar-refractivity contribution in [2.24, 2.45) is 0 Å². The van der Waals surface area contributed by atoms with E-state index in [1.54, 1.807) is 0 Å². The molecule has 0 spiro atoms. The third-order valence-electron chi connectivity index (χ3n) is 10.6. The van der Waals surface area contributed by atoms with Crippen molar-refractivity contribution in [1.29, 1.82) is 0 Å². The minimum absolute atomic E-state index is 0.107. The van der Waals surface area contributed by atoms with Crippen LogP contribution in [-0.4, -0.2) is 37.2 Å². The molecule has 0 rings (SSSR count). The first-order chi connectivity index (χ1) is 31.0. The molecule has 0 saturated carbocycles. The zero-order valence-electron chi connectivity index (χ0n) is 40.8. The Morgan fingerprint density at radius 2 is 0.635 bits per heavy atom. The van der Waals surface area contributed by atoms with E-state index in [9.17, 15) is 14.4 Å². The van der Waals surface area contributed by atoms with Crippen molar-refractivity contribution in [3.8, 4) is 0 Å². The minimum atomic E-state index is -0.808. The summed E-state index contributed by atoms with van der Waals surface area (Å²) in [6, 6.07) is 0. The molecule has 0 aromatic carbocycles. The second-order valence-electron chi connectivity index (χ2n) is 16.7. The second-order valence-corrected chi connectivity index (χ2v) is 16.7. The molecule has 0 radical (unpaired) electrons. The molecule has 0 heterocycles. The molecule has 1 atom stereocenters. The van der Waals surface area contributed by atoms with Gasteiger partial charge in [0.25, 0.3) is 0 Å². The summed E-state index contributed by atoms with van der Waals surface area (Å²) in [5.41, 5.74) is 0. The van der Waals surface area contributed by atoms with Crippen LogP contribution < -0.4 is 0 Å². The molecule has 0 amide bonds. The Morgan fingerprint density at radius 1 is 0.333 bits per heavy atom. The summed E-state index contributed by atoms with van der Waals surface area (Å²) in [5, 5.41) is 0. The summed E-state index contributed by atoms with van der Waals surface area (Å²) in [4.78, 5) is 37.9. The number of unbranched alkanes of at least 4 members (excludes halogenated alkanes) is 18. The smallest absolute Gasteiger partial charge is 0.306 e. The molecule has 0 N–H and O–H groups in total. The van der Waals surface area contributed by atoms with Gasteiger partial charge in [0.2, 0.25) is 0 Å². The predicted molar refractivity (Wildman–Crippen MR) is 270 cm³/mol. The Morgan fingerprint density at radius 3 is 1.06 bits per heavy atom. The van der Waals surface area contributed by atoms with E-state index in [-0.39, 0.29) is 37.5 Å². The van der Waals surface area contributed by atoms with Gasteiger partial charge in [0.1, 0.15) is 13.2 Å². The lowest BCUT2D eigenvalue weighted by Crippen LogP contribution is -2.30. The van der Waals surface area contributed by atoms with Crippen LogP contribution >= 0.6 is 0 Å². The number of carbonyl (C=O) groups excluding carboxylic acids is 3. The number of hydrogen-bond acceptors (Lipinski definition) is 6. The molecule has 0 aliphatic heterocycles. The molecule has 358 valence electrons. The van der Waals surface area contributed by atoms with E-state index in [4.69, 9.17) is 14.2 Å². The van der Waals surface area contributed by atoms with Crippen molar-refractivity contribution in [2.75, 3.05) is 13.2 Å². The van der Waals surface area contributed by atoms with Crippen LogP contribution in [0, 0.1) is 0 Å². The number of esters is 3. The SMILES string of the molecule is CC/C=C\C/C=C\C/C=C\C/C=C\C/C=C\CCCC(=O)OC[C@H](COC(=O)CCCCCC/C=C\C/C=C\C/C=C\CCCCC)OC(=O)CCCCCCCCCCCCC. The molecular weight excluding hydrogens is 781 g/mol. The Bertz CT molecular complexity index is 1280. The maximum atomic E-state index is 12.8. The molecule has 63 heavy (non-hydrogen) atoms. The molecule has 6 nitrogen and oxygen atoms in total. The zero-order chi connectivity index (χ0) is 45.8. The van der Waals surface area contributed by atoms with Gasteiger partial charge in [-0.3, -0.25) is 14.4 Å². The lowest BCUT2D eigenvalue weighted by Gasteiger charge is -2.18. The van der Waals surface area contributed by atoms with E-state index >= 15 is 0 Å². The van der Waals surface area contributed by atoms with Crippen LogP contribution in [0.25, 0.3) is 0 Å². The number of rotatable bonds is 45. The van der Waals surface area contributed by atoms with E-state index < -0.39 is 6.10 Å². The van der Waals surface area contributed by atoms with Crippen molar-refractivity contribution in [3.63, 3.8) is 0 Å². The average Bonchev–Trinajstić information content (AvgIpc) is 3.28. The third kappa shape index (κ3) is 49.2. The lowest BCUT2D eigenvalue weighted by molar-refractivity contribution is -0.167. The van der Waals surface area contributed by atoms with Gasteiger partial charge in [-0.1, -0.05) is 208 Å². The Kier molecular flexibility index (Phi) is 48.0. The average molecular weight is 875 g/mol. The van der Waals surface area contributed by atoms with Crippen LogP contribution in [0.3, 0.4) is 0 Å². The molecule has 6 heteroatoms. The highest BCUT2D eigenvalue weighted by Gasteiger charge is 2.19. The quantitative estimate of drug-likeness (QED) is 0.0262. The molecule has 0 bridgehead atoms. The van der Waals surface area contributed by atoms with Gasteiger partial charge in [0, 0.05) is 19.3 Å². The van der Waals surface area contributed by atoms with Gasteiger partial charge in [0.15, 0.2) is 6.10 Å². The van der Waals surface area contributed by atoms with E-state index in [0.717, 1.165) is 103 Å². The van der Waals surface area contributed by atoms with Gasteiger partial charge in [-0.05, 0) is 96.3 Å². The highest BCUT2D eigenvalue weighted by molar-refractivity contribution is 5.71. The Labute approximate surface area is 387 Å². The first-order valence-corrected chi connectivity index (χ1v) is 25.7. The maximum absolute atomic E-state index is 12.8. The van der Waals surface area contributed by atoms with Crippen molar-refractivity contribution in [2.45, 2.75) is 232 Å². The monoisotopic (exact) mass is 875 g/mol. The van der Waals surface area contributed by atoms with Crippen molar-refractivity contribution in [1.82, 2.24) is 0 Å². The molecule has 0 unspecified atom stereocenters. The normalized spacial score (nSPS) is 12.9. The fraction of sp³-hybridized carbons (Fsp3) is 0.667. The minimum Gasteiger partial charge on any atom is -0.462 e. The van der Waals surface area contributed by atoms with Gasteiger partial charge < -0.3 is 14.2 Å². The Hall–Kier alpha value is -3.67. The summed E-state index contributed by atoms with van der Waals surface area (Å²) in [6.07, 6.45) is 66.8. The van der Waals surface area contributed by atoms with Crippen LogP contribution in [0.1, 0.15) is 226 Å². The van der Waals surface area contributed by atoms with Crippen LogP contribution in [0.2, 0.25) is 0 Å². The summed E-state index contributed by atoms with van der Waals surface area (Å²) in [5.74, 6) is -0.989. The van der Waals surface area contributed by atoms with E-state index in [1.807, 2.05) is 0 Å². The fourth-order valence-corrected chi connectivity index (χ4v) is 6.72. The molecule has 0 aromatic rings. The second kappa shape index (κ2) is 51.0. The summed E-state index contributed by atoms with van der Waals surface area (Å²) < 4.78 is 16.7. The first-order valence-electron chi connectivity index (χ1n) is 25.7. The van der Waals surface area contributed by atoms with Crippen molar-refractivity contribution < 1.29 is 28.6 Å². The van der Waals surface area contributed by atoms with Gasteiger partial charge in [-0.25, -0.2) is 0 Å². The van der Waals surface area contributed by atoms with Gasteiger partial charge >= 0.3 is 17.9 Å². The number of ether oxygens (including phenoxy) is 3. The van der Waals surface area contributed by atoms with E-state index in [1.165, 1.54) is 77.0 Å². The standard InChI is InChI=1S/C57H94O6/c1-4-7-10-13-16-19-22-24-26-28-30-32-35-37-40-43-46-49-55(58)61-52-54(63-57(60)51-48-45-42-39-34-21-18-15-12-9-6-3)53-62-56(59)50-47-44-41-38-36-33-31-29-27-25-23-20-17-14-11-8-5-2/h7,10,16-17,19-20,24-27,30-33,37,40,54H,4-6,8-9,11-15,18,21-23,28-29,34-36,38-39,41-53H2,1-3H3/b10-7-,19-16-,20-17-,26-24-,27-25-,32-30-,33-31-,40-37-/t54-/m1/s1. The van der Waals surface area contributed by atoms with E-state index in [0.29, 0.717) is 19.3 Å². The van der Waals surface area contributed by atoms with Crippen LogP contribution in [0.5, 0.6) is 0 Å². The fourth-order valence-electron chi connectivity index (χ4n) is 6.72. The predicted octanol–water partition coefficient (Wildman–Crippen LogP) is 17.0. The first kappa shape index (κ1) is 59.3. The highest BCUT2D eigenvalue weighted by Crippen LogP contribution is 2.14. The van der Waals surface area contributed by atoms with Crippen LogP contribution in [0.15, 0.2) is 97.2 Å². The molecule has 0 aromatic heterocycles. The van der Waals surface area contributed by atoms with Crippen molar-refractivity contribution >= 4 is 17.9 Å². The van der Waals surface area contributed by atoms with Crippen molar-refractivity contribution in [3.05, 3.63) is 97.2 Å². The van der Waals surface area contributed by atoms with Crippen LogP contribution in [-0.2, 0) is 28.6 Å². The molecule has 0 aliphatic carbocycles. The molecule has 0 saturated heterocycles. The summed E-state index contributed by atoms with van der Waals surface area (Å²) in [6.45, 7) is 6.41. The van der Waals surface area contributed by atoms with Gasteiger partial charge in [-0.2, -0.15) is 0 Å². The zero-order valence-corrected chi connectivity index (χ0v) is 40.8. The van der Waals surface area contributed by atoms with Gasteiger partial charge in [-0.15, -0.1) is 0 Å². The Balaban J connectivity index is 4.49. The number of allylic oxidation sites excluding steroid dienone is 16. The maximum Gasteiger partial charge on any atom is 0.306 e.